The molecule has 0 aliphatic carbocycles. The molecule has 0 atom stereocenters. The van der Waals surface area contributed by atoms with E-state index in [1.165, 1.54) is 124 Å². The van der Waals surface area contributed by atoms with Crippen LogP contribution < -0.4 is 0 Å². The molecule has 0 amide bonds. The van der Waals surface area contributed by atoms with Crippen molar-refractivity contribution in [3.8, 4) is 11.1 Å². The van der Waals surface area contributed by atoms with E-state index in [2.05, 4.69) is 102 Å². The molecule has 0 aliphatic rings. The average molecular weight is 607 g/mol. The van der Waals surface area contributed by atoms with Crippen molar-refractivity contribution in [1.82, 2.24) is 0 Å². The van der Waals surface area contributed by atoms with Gasteiger partial charge in [-0.2, -0.15) is 10.2 Å². The van der Waals surface area contributed by atoms with Crippen molar-refractivity contribution < 1.29 is 0 Å². The van der Waals surface area contributed by atoms with Gasteiger partial charge in [0.25, 0.3) is 0 Å². The Balaban J connectivity index is 1.97. The van der Waals surface area contributed by atoms with Crippen LogP contribution in [0, 0.1) is 0 Å². The van der Waals surface area contributed by atoms with Gasteiger partial charge in [0.15, 0.2) is 0 Å². The molecular formula is C43H62N2. The Morgan fingerprint density at radius 1 is 0.578 bits per heavy atom. The standard InChI is InChI=1S/C43H62N2/c1-7-12-16-19-26-38-31-35(30-37(23-14-9-3)42(38)28-15-10-4)29-34(6)44-45-40-32-39(27-20-17-13-8-2)41(11-5)43(33-40)36-24-21-18-22-25-36/h18,21-22,24-25,29-33H,7-17,19-20,23,26-28H2,1-6H3. The summed E-state index contributed by atoms with van der Waals surface area (Å²) >= 11 is 0. The lowest BCUT2D eigenvalue weighted by atomic mass is 9.88. The van der Waals surface area contributed by atoms with Crippen LogP contribution in [0.3, 0.4) is 0 Å². The van der Waals surface area contributed by atoms with Crippen LogP contribution in [-0.4, -0.2) is 0 Å². The van der Waals surface area contributed by atoms with Crippen LogP contribution in [0.15, 0.2) is 70.5 Å². The molecule has 244 valence electrons. The number of unbranched alkanes of at least 4 members (excludes halogenated alkanes) is 8. The normalized spacial score (nSPS) is 12.0. The Morgan fingerprint density at radius 2 is 1.13 bits per heavy atom. The van der Waals surface area contributed by atoms with E-state index in [-0.39, 0.29) is 0 Å². The largest absolute Gasteiger partial charge is 0.155 e. The van der Waals surface area contributed by atoms with Crippen molar-refractivity contribution in [2.45, 2.75) is 151 Å². The van der Waals surface area contributed by atoms with Crippen molar-refractivity contribution in [1.29, 1.82) is 0 Å². The third-order valence-corrected chi connectivity index (χ3v) is 9.10. The van der Waals surface area contributed by atoms with Gasteiger partial charge < -0.3 is 0 Å². The van der Waals surface area contributed by atoms with Crippen molar-refractivity contribution in [3.63, 3.8) is 0 Å². The van der Waals surface area contributed by atoms with E-state index in [1.54, 1.807) is 16.7 Å². The van der Waals surface area contributed by atoms with E-state index >= 15 is 0 Å². The van der Waals surface area contributed by atoms with Crippen LogP contribution in [-0.2, 0) is 32.1 Å². The second-order valence-electron chi connectivity index (χ2n) is 13.0. The number of nitrogens with zero attached hydrogens (tertiary/aromatic N) is 2. The van der Waals surface area contributed by atoms with Crippen molar-refractivity contribution in [3.05, 3.63) is 93.7 Å². The fraction of sp³-hybridized carbons (Fsp3) is 0.535. The molecule has 0 fully saturated rings. The first-order valence-corrected chi connectivity index (χ1v) is 18.5. The molecule has 0 saturated heterocycles. The highest BCUT2D eigenvalue weighted by Crippen LogP contribution is 2.33. The Hall–Kier alpha value is -3.00. The van der Waals surface area contributed by atoms with Gasteiger partial charge in [0, 0.05) is 0 Å². The second-order valence-corrected chi connectivity index (χ2v) is 13.0. The van der Waals surface area contributed by atoms with Crippen molar-refractivity contribution in [2.24, 2.45) is 10.2 Å². The Kier molecular flexibility index (Phi) is 17.0. The van der Waals surface area contributed by atoms with Gasteiger partial charge in [0.1, 0.15) is 0 Å². The minimum absolute atomic E-state index is 0.958. The molecule has 0 saturated carbocycles. The molecule has 45 heavy (non-hydrogen) atoms. The minimum Gasteiger partial charge on any atom is -0.155 e. The van der Waals surface area contributed by atoms with E-state index < -0.39 is 0 Å². The number of aryl methyl sites for hydroxylation is 3. The lowest BCUT2D eigenvalue weighted by Gasteiger charge is -2.17. The number of azo groups is 1. The number of hydrogen-bond donors (Lipinski definition) is 0. The lowest BCUT2D eigenvalue weighted by molar-refractivity contribution is 0.660. The number of hydrogen-bond acceptors (Lipinski definition) is 2. The first-order valence-electron chi connectivity index (χ1n) is 18.5. The van der Waals surface area contributed by atoms with E-state index in [0.29, 0.717) is 0 Å². The SMILES string of the molecule is CCCCCCc1cc(C=C(C)N=Nc2cc(CCCCCC)c(CC)c(-c3ccccc3)c2)cc(CCCC)c1CCCC. The molecule has 3 aromatic carbocycles. The third-order valence-electron chi connectivity index (χ3n) is 9.10. The number of allylic oxidation sites excluding steroid dienone is 1. The predicted molar refractivity (Wildman–Crippen MR) is 199 cm³/mol. The van der Waals surface area contributed by atoms with Gasteiger partial charge in [-0.25, -0.2) is 0 Å². The zero-order valence-corrected chi connectivity index (χ0v) is 29.7. The molecule has 0 N–H and O–H groups in total. The van der Waals surface area contributed by atoms with E-state index in [0.717, 1.165) is 24.2 Å². The molecule has 2 heteroatoms. The molecule has 0 spiro atoms. The summed E-state index contributed by atoms with van der Waals surface area (Å²) in [5.74, 6) is 0. The molecule has 3 rings (SSSR count). The van der Waals surface area contributed by atoms with Gasteiger partial charge in [-0.3, -0.25) is 0 Å². The van der Waals surface area contributed by atoms with Gasteiger partial charge >= 0.3 is 0 Å². The number of rotatable bonds is 21. The maximum Gasteiger partial charge on any atom is 0.0866 e. The molecule has 0 heterocycles. The quantitative estimate of drug-likeness (QED) is 0.0851. The lowest BCUT2D eigenvalue weighted by Crippen LogP contribution is -2.03. The topological polar surface area (TPSA) is 24.7 Å². The minimum atomic E-state index is 0.958. The maximum absolute atomic E-state index is 4.85. The van der Waals surface area contributed by atoms with Gasteiger partial charge in [-0.15, -0.1) is 0 Å². The van der Waals surface area contributed by atoms with Crippen LogP contribution in [0.4, 0.5) is 5.69 Å². The summed E-state index contributed by atoms with van der Waals surface area (Å²) in [6.45, 7) is 13.6. The average Bonchev–Trinajstić information content (AvgIpc) is 3.06. The molecule has 0 bridgehead atoms. The van der Waals surface area contributed by atoms with E-state index in [1.807, 2.05) is 0 Å². The first-order chi connectivity index (χ1) is 22.0. The maximum atomic E-state index is 4.85. The van der Waals surface area contributed by atoms with Crippen LogP contribution in [0.1, 0.15) is 152 Å². The second kappa shape index (κ2) is 20.9. The van der Waals surface area contributed by atoms with Gasteiger partial charge in [0.2, 0.25) is 0 Å². The molecule has 3 aromatic rings. The summed E-state index contributed by atoms with van der Waals surface area (Å²) in [4.78, 5) is 0. The van der Waals surface area contributed by atoms with Gasteiger partial charge in [-0.1, -0.05) is 128 Å². The highest BCUT2D eigenvalue weighted by Gasteiger charge is 2.13. The fourth-order valence-electron chi connectivity index (χ4n) is 6.58. The van der Waals surface area contributed by atoms with Crippen LogP contribution >= 0.6 is 0 Å². The molecular weight excluding hydrogens is 544 g/mol. The van der Waals surface area contributed by atoms with E-state index in [4.69, 9.17) is 10.2 Å². The predicted octanol–water partition coefficient (Wildman–Crippen LogP) is 14.0. The third kappa shape index (κ3) is 12.0. The zero-order valence-electron chi connectivity index (χ0n) is 29.7. The van der Waals surface area contributed by atoms with Gasteiger partial charge in [-0.05, 0) is 127 Å². The smallest absolute Gasteiger partial charge is 0.0866 e. The summed E-state index contributed by atoms with van der Waals surface area (Å²) < 4.78 is 0. The van der Waals surface area contributed by atoms with Gasteiger partial charge in [0.05, 0.1) is 11.4 Å². The monoisotopic (exact) mass is 606 g/mol. The van der Waals surface area contributed by atoms with Crippen LogP contribution in [0.25, 0.3) is 17.2 Å². The fourth-order valence-corrected chi connectivity index (χ4v) is 6.58. The summed E-state index contributed by atoms with van der Waals surface area (Å²) in [6, 6.07) is 20.3. The molecule has 0 aliphatic heterocycles. The highest BCUT2D eigenvalue weighted by molar-refractivity contribution is 5.72. The van der Waals surface area contributed by atoms with Crippen LogP contribution in [0.5, 0.6) is 0 Å². The summed E-state index contributed by atoms with van der Waals surface area (Å²) in [6.07, 6.45) is 23.2. The first kappa shape index (κ1) is 36.5. The van der Waals surface area contributed by atoms with Crippen LogP contribution in [0.2, 0.25) is 0 Å². The Labute approximate surface area is 276 Å². The Morgan fingerprint density at radius 3 is 1.71 bits per heavy atom. The summed E-state index contributed by atoms with van der Waals surface area (Å²) in [5, 5.41) is 9.65. The summed E-state index contributed by atoms with van der Waals surface area (Å²) in [5.41, 5.74) is 13.4. The molecule has 0 aromatic heterocycles. The molecule has 2 nitrogen and oxygen atoms in total. The summed E-state index contributed by atoms with van der Waals surface area (Å²) in [7, 11) is 0. The van der Waals surface area contributed by atoms with Crippen molar-refractivity contribution >= 4 is 11.8 Å². The zero-order chi connectivity index (χ0) is 32.3. The Bertz CT molecular complexity index is 1330. The van der Waals surface area contributed by atoms with Crippen molar-refractivity contribution in [2.75, 3.05) is 0 Å². The number of benzene rings is 3. The molecule has 0 unspecified atom stereocenters. The van der Waals surface area contributed by atoms with E-state index in [9.17, 15) is 0 Å². The molecule has 0 radical (unpaired) electrons. The highest BCUT2D eigenvalue weighted by atomic mass is 15.1.